The van der Waals surface area contributed by atoms with E-state index in [9.17, 15) is 0 Å². The molecule has 2 aliphatic heterocycles. The Kier molecular flexibility index (Phi) is 2.37. The molecule has 1 radical (unpaired) electrons. The van der Waals surface area contributed by atoms with E-state index in [4.69, 9.17) is 0 Å². The normalized spacial score (nSPS) is 21.7. The third kappa shape index (κ3) is 1.63. The van der Waals surface area contributed by atoms with E-state index in [0.29, 0.717) is 0 Å². The second kappa shape index (κ2) is 3.86. The fourth-order valence-corrected chi connectivity index (χ4v) is 2.79. The molecule has 0 aliphatic carbocycles. The molecule has 1 fully saturated rings. The van der Waals surface area contributed by atoms with E-state index < -0.39 is 0 Å². The molecule has 1 aromatic rings. The Labute approximate surface area is 91.3 Å². The van der Waals surface area contributed by atoms with Gasteiger partial charge in [0, 0.05) is 18.3 Å². The average molecular weight is 201 g/mol. The molecule has 2 nitrogen and oxygen atoms in total. The molecule has 3 rings (SSSR count). The van der Waals surface area contributed by atoms with Crippen LogP contribution >= 0.6 is 0 Å². The number of fused-ring (bicyclic) bond motifs is 1. The Balaban J connectivity index is 1.83. The number of piperidine rings is 1. The third-order valence-corrected chi connectivity index (χ3v) is 3.61. The number of nitrogens with one attached hydrogen (secondary N) is 1. The van der Waals surface area contributed by atoms with Crippen molar-refractivity contribution >= 4 is 5.69 Å². The maximum Gasteiger partial charge on any atom is 0.0408 e. The molecule has 79 valence electrons. The summed E-state index contributed by atoms with van der Waals surface area (Å²) in [4.78, 5) is 2.59. The quantitative estimate of drug-likeness (QED) is 0.742. The van der Waals surface area contributed by atoms with Crippen molar-refractivity contribution in [2.75, 3.05) is 24.5 Å². The van der Waals surface area contributed by atoms with Gasteiger partial charge in [0.2, 0.25) is 0 Å². The molecule has 0 amide bonds. The zero-order chi connectivity index (χ0) is 10.1. The van der Waals surface area contributed by atoms with E-state index in [0.717, 1.165) is 6.04 Å². The van der Waals surface area contributed by atoms with Crippen LogP contribution in [0.5, 0.6) is 0 Å². The minimum absolute atomic E-state index is 0.753. The van der Waals surface area contributed by atoms with Crippen LogP contribution in [-0.4, -0.2) is 25.7 Å². The Bertz CT molecular complexity index is 342. The van der Waals surface area contributed by atoms with Crippen molar-refractivity contribution in [3.8, 4) is 0 Å². The molecule has 0 unspecified atom stereocenters. The first-order valence-corrected chi connectivity index (χ1v) is 5.91. The van der Waals surface area contributed by atoms with E-state index in [1.165, 1.54) is 50.1 Å². The van der Waals surface area contributed by atoms with Gasteiger partial charge in [0.05, 0.1) is 0 Å². The molecule has 1 saturated heterocycles. The predicted molar refractivity (Wildman–Crippen MR) is 62.2 cm³/mol. The highest BCUT2D eigenvalue weighted by molar-refractivity contribution is 5.58. The van der Waals surface area contributed by atoms with Crippen LogP contribution in [-0.2, 0) is 6.42 Å². The summed E-state index contributed by atoms with van der Waals surface area (Å²) in [6.07, 6.45) is 3.79. The predicted octanol–water partition coefficient (Wildman–Crippen LogP) is 1.60. The highest BCUT2D eigenvalue weighted by Crippen LogP contribution is 2.31. The maximum absolute atomic E-state index is 3.43. The van der Waals surface area contributed by atoms with Gasteiger partial charge in [0.25, 0.3) is 0 Å². The number of nitrogens with zero attached hydrogens (tertiary/aromatic N) is 1. The molecule has 2 heterocycles. The van der Waals surface area contributed by atoms with Gasteiger partial charge in [-0.2, -0.15) is 0 Å². The summed E-state index contributed by atoms with van der Waals surface area (Å²) in [5.74, 6) is 0. The minimum atomic E-state index is 0.753. The SMILES string of the molecule is [c]1ccc2c(c1)N(C1CCNCC1)CC2. The standard InChI is InChI=1S/C13H17N2/c1-2-4-13-11(3-1)7-10-15(13)12-5-8-14-9-6-12/h1,3-4,12,14H,5-10H2. The summed E-state index contributed by atoms with van der Waals surface area (Å²) in [5, 5.41) is 3.43. The number of hydrogen-bond donors (Lipinski definition) is 1. The zero-order valence-corrected chi connectivity index (χ0v) is 9.00. The van der Waals surface area contributed by atoms with E-state index in [1.54, 1.807) is 0 Å². The fraction of sp³-hybridized carbons (Fsp3) is 0.538. The van der Waals surface area contributed by atoms with Gasteiger partial charge >= 0.3 is 0 Å². The van der Waals surface area contributed by atoms with Crippen molar-refractivity contribution in [1.82, 2.24) is 5.32 Å². The Hall–Kier alpha value is -1.02. The van der Waals surface area contributed by atoms with Gasteiger partial charge in [-0.25, -0.2) is 0 Å². The van der Waals surface area contributed by atoms with Gasteiger partial charge in [-0.1, -0.05) is 12.1 Å². The molecule has 1 aromatic carbocycles. The largest absolute Gasteiger partial charge is 0.368 e. The lowest BCUT2D eigenvalue weighted by Gasteiger charge is -2.33. The van der Waals surface area contributed by atoms with Crippen LogP contribution < -0.4 is 10.2 Å². The average Bonchev–Trinajstić information content (AvgIpc) is 2.74. The first kappa shape index (κ1) is 9.22. The number of anilines is 1. The fourth-order valence-electron chi connectivity index (χ4n) is 2.79. The third-order valence-electron chi connectivity index (χ3n) is 3.61. The van der Waals surface area contributed by atoms with Gasteiger partial charge in [0.1, 0.15) is 0 Å². The van der Waals surface area contributed by atoms with Gasteiger partial charge in [0.15, 0.2) is 0 Å². The Morgan fingerprint density at radius 1 is 1.33 bits per heavy atom. The lowest BCUT2D eigenvalue weighted by atomic mass is 10.0. The van der Waals surface area contributed by atoms with Crippen molar-refractivity contribution in [3.63, 3.8) is 0 Å². The molecule has 0 saturated carbocycles. The van der Waals surface area contributed by atoms with Crippen LogP contribution in [0.2, 0.25) is 0 Å². The lowest BCUT2D eigenvalue weighted by Crippen LogP contribution is -2.42. The number of rotatable bonds is 1. The highest BCUT2D eigenvalue weighted by atomic mass is 15.2. The molecule has 2 aliphatic rings. The zero-order valence-electron chi connectivity index (χ0n) is 9.00. The molecule has 15 heavy (non-hydrogen) atoms. The van der Waals surface area contributed by atoms with Crippen LogP contribution in [0.25, 0.3) is 0 Å². The molecule has 0 spiro atoms. The molecule has 2 heteroatoms. The van der Waals surface area contributed by atoms with Crippen LogP contribution in [0.1, 0.15) is 18.4 Å². The number of benzene rings is 1. The van der Waals surface area contributed by atoms with E-state index in [1.807, 2.05) is 6.07 Å². The second-order valence-corrected chi connectivity index (χ2v) is 4.48. The Morgan fingerprint density at radius 3 is 3.07 bits per heavy atom. The first-order chi connectivity index (χ1) is 7.45. The van der Waals surface area contributed by atoms with Crippen molar-refractivity contribution in [1.29, 1.82) is 0 Å². The van der Waals surface area contributed by atoms with Crippen molar-refractivity contribution < 1.29 is 0 Å². The van der Waals surface area contributed by atoms with E-state index >= 15 is 0 Å². The topological polar surface area (TPSA) is 15.3 Å². The van der Waals surface area contributed by atoms with Crippen molar-refractivity contribution in [2.45, 2.75) is 25.3 Å². The maximum atomic E-state index is 3.43. The van der Waals surface area contributed by atoms with E-state index in [-0.39, 0.29) is 0 Å². The summed E-state index contributed by atoms with van der Waals surface area (Å²) in [5.41, 5.74) is 2.94. The van der Waals surface area contributed by atoms with Gasteiger partial charge in [-0.3, -0.25) is 0 Å². The second-order valence-electron chi connectivity index (χ2n) is 4.48. The number of hydrogen-bond acceptors (Lipinski definition) is 2. The van der Waals surface area contributed by atoms with Crippen LogP contribution in [0.4, 0.5) is 5.69 Å². The van der Waals surface area contributed by atoms with Crippen LogP contribution in [0, 0.1) is 6.07 Å². The van der Waals surface area contributed by atoms with Crippen LogP contribution in [0.3, 0.4) is 0 Å². The first-order valence-electron chi connectivity index (χ1n) is 5.91. The molecule has 0 atom stereocenters. The molecular formula is C13H17N2. The summed E-state index contributed by atoms with van der Waals surface area (Å²) in [7, 11) is 0. The minimum Gasteiger partial charge on any atom is -0.368 e. The summed E-state index contributed by atoms with van der Waals surface area (Å²) in [6, 6.07) is 10.4. The van der Waals surface area contributed by atoms with Crippen molar-refractivity contribution in [2.24, 2.45) is 0 Å². The summed E-state index contributed by atoms with van der Waals surface area (Å²) in [6.45, 7) is 3.55. The van der Waals surface area contributed by atoms with Gasteiger partial charge in [-0.05, 0) is 50.0 Å². The Morgan fingerprint density at radius 2 is 2.20 bits per heavy atom. The van der Waals surface area contributed by atoms with Gasteiger partial charge in [-0.15, -0.1) is 0 Å². The molecular weight excluding hydrogens is 184 g/mol. The van der Waals surface area contributed by atoms with Crippen molar-refractivity contribution in [3.05, 3.63) is 29.8 Å². The smallest absolute Gasteiger partial charge is 0.0408 e. The van der Waals surface area contributed by atoms with E-state index in [2.05, 4.69) is 28.4 Å². The molecule has 0 bridgehead atoms. The molecule has 1 N–H and O–H groups in total. The highest BCUT2D eigenvalue weighted by Gasteiger charge is 2.26. The van der Waals surface area contributed by atoms with Gasteiger partial charge < -0.3 is 10.2 Å². The molecule has 0 aromatic heterocycles. The van der Waals surface area contributed by atoms with Crippen LogP contribution in [0.15, 0.2) is 18.2 Å². The summed E-state index contributed by atoms with van der Waals surface area (Å²) >= 11 is 0. The summed E-state index contributed by atoms with van der Waals surface area (Å²) < 4.78 is 0. The lowest BCUT2D eigenvalue weighted by molar-refractivity contribution is 0.435. The monoisotopic (exact) mass is 201 g/mol.